The molecule has 1 fully saturated rings. The standard InChI is InChI=1S/C20H27N3O5S/c1-13-19(14(2)23(21-13)16-6-7-29(25,26)12-16)11-22(3)20(24)15-8-17(27-4)10-18(9-15)28-5/h8-10,16H,6-7,11-12H2,1-5H3. The number of ether oxygens (including phenoxy) is 2. The molecule has 0 N–H and O–H groups in total. The molecule has 1 atom stereocenters. The molecule has 1 aromatic carbocycles. The Bertz CT molecular complexity index is 1010. The monoisotopic (exact) mass is 421 g/mol. The highest BCUT2D eigenvalue weighted by molar-refractivity contribution is 7.91. The van der Waals surface area contributed by atoms with Crippen molar-refractivity contribution in [1.82, 2.24) is 14.7 Å². The minimum atomic E-state index is -3.00. The fourth-order valence-corrected chi connectivity index (χ4v) is 5.40. The highest BCUT2D eigenvalue weighted by Gasteiger charge is 2.31. The van der Waals surface area contributed by atoms with Gasteiger partial charge >= 0.3 is 0 Å². The second-order valence-corrected chi connectivity index (χ2v) is 9.64. The van der Waals surface area contributed by atoms with Gasteiger partial charge in [0, 0.05) is 36.5 Å². The van der Waals surface area contributed by atoms with Gasteiger partial charge in [0.15, 0.2) is 9.84 Å². The van der Waals surface area contributed by atoms with Crippen LogP contribution < -0.4 is 9.47 Å². The highest BCUT2D eigenvalue weighted by atomic mass is 32.2. The second-order valence-electron chi connectivity index (χ2n) is 7.41. The maximum absolute atomic E-state index is 13.0. The molecule has 8 nitrogen and oxygen atoms in total. The van der Waals surface area contributed by atoms with Crippen molar-refractivity contribution in [1.29, 1.82) is 0 Å². The van der Waals surface area contributed by atoms with Gasteiger partial charge in [0.05, 0.1) is 37.5 Å². The van der Waals surface area contributed by atoms with E-state index in [1.807, 2.05) is 18.5 Å². The summed E-state index contributed by atoms with van der Waals surface area (Å²) in [5, 5.41) is 4.57. The molecule has 1 aliphatic rings. The lowest BCUT2D eigenvalue weighted by atomic mass is 10.1. The number of aryl methyl sites for hydroxylation is 1. The van der Waals surface area contributed by atoms with Crippen molar-refractivity contribution in [2.24, 2.45) is 0 Å². The first kappa shape index (κ1) is 21.2. The lowest BCUT2D eigenvalue weighted by molar-refractivity contribution is 0.0784. The van der Waals surface area contributed by atoms with Crippen molar-refractivity contribution < 1.29 is 22.7 Å². The highest BCUT2D eigenvalue weighted by Crippen LogP contribution is 2.28. The van der Waals surface area contributed by atoms with Gasteiger partial charge in [-0.05, 0) is 32.4 Å². The number of sulfone groups is 1. The largest absolute Gasteiger partial charge is 0.497 e. The van der Waals surface area contributed by atoms with Crippen LogP contribution in [0.2, 0.25) is 0 Å². The Balaban J connectivity index is 1.82. The first-order valence-electron chi connectivity index (χ1n) is 9.38. The quantitative estimate of drug-likeness (QED) is 0.710. The van der Waals surface area contributed by atoms with E-state index in [-0.39, 0.29) is 23.5 Å². The molecule has 1 aliphatic heterocycles. The summed E-state index contributed by atoms with van der Waals surface area (Å²) in [5.74, 6) is 1.23. The van der Waals surface area contributed by atoms with Gasteiger partial charge in [0.2, 0.25) is 0 Å². The minimum Gasteiger partial charge on any atom is -0.497 e. The van der Waals surface area contributed by atoms with Gasteiger partial charge in [-0.1, -0.05) is 0 Å². The van der Waals surface area contributed by atoms with E-state index < -0.39 is 9.84 Å². The SMILES string of the molecule is COc1cc(OC)cc(C(=O)N(C)Cc2c(C)nn(C3CCS(=O)(=O)C3)c2C)c1. The van der Waals surface area contributed by atoms with E-state index in [0.717, 1.165) is 17.0 Å². The zero-order valence-electron chi connectivity index (χ0n) is 17.4. The predicted octanol–water partition coefficient (Wildman–Crippen LogP) is 2.15. The molecule has 2 aromatic rings. The van der Waals surface area contributed by atoms with Gasteiger partial charge in [0.25, 0.3) is 5.91 Å². The summed E-state index contributed by atoms with van der Waals surface area (Å²) in [6.07, 6.45) is 0.572. The molecule has 29 heavy (non-hydrogen) atoms. The van der Waals surface area contributed by atoms with Crippen molar-refractivity contribution >= 4 is 15.7 Å². The van der Waals surface area contributed by atoms with Crippen LogP contribution >= 0.6 is 0 Å². The maximum Gasteiger partial charge on any atom is 0.254 e. The third kappa shape index (κ3) is 4.39. The zero-order chi connectivity index (χ0) is 21.3. The van der Waals surface area contributed by atoms with E-state index >= 15 is 0 Å². The van der Waals surface area contributed by atoms with Crippen LogP contribution in [0.1, 0.15) is 39.8 Å². The number of rotatable bonds is 6. The molecule has 1 saturated heterocycles. The summed E-state index contributed by atoms with van der Waals surface area (Å²) in [4.78, 5) is 14.6. The third-order valence-electron chi connectivity index (χ3n) is 5.37. The Hall–Kier alpha value is -2.55. The molecule has 3 rings (SSSR count). The van der Waals surface area contributed by atoms with Crippen molar-refractivity contribution in [3.05, 3.63) is 40.7 Å². The molecule has 1 aromatic heterocycles. The summed E-state index contributed by atoms with van der Waals surface area (Å²) in [6.45, 7) is 4.18. The Labute approximate surface area is 171 Å². The zero-order valence-corrected chi connectivity index (χ0v) is 18.2. The number of aromatic nitrogens is 2. The molecule has 0 radical (unpaired) electrons. The molecule has 1 unspecified atom stereocenters. The van der Waals surface area contributed by atoms with Gasteiger partial charge in [-0.15, -0.1) is 0 Å². The van der Waals surface area contributed by atoms with E-state index in [4.69, 9.17) is 9.47 Å². The van der Waals surface area contributed by atoms with Crippen LogP contribution in [0.15, 0.2) is 18.2 Å². The van der Waals surface area contributed by atoms with E-state index in [1.165, 1.54) is 14.2 Å². The molecule has 0 saturated carbocycles. The molecular formula is C20H27N3O5S. The first-order valence-corrected chi connectivity index (χ1v) is 11.2. The summed E-state index contributed by atoms with van der Waals surface area (Å²) < 4.78 is 36.0. The number of benzene rings is 1. The van der Waals surface area contributed by atoms with Crippen molar-refractivity contribution in [2.45, 2.75) is 32.9 Å². The molecule has 0 spiro atoms. The number of carbonyl (C=O) groups excluding carboxylic acids is 1. The topological polar surface area (TPSA) is 90.7 Å². The molecule has 0 aliphatic carbocycles. The number of hydrogen-bond donors (Lipinski definition) is 0. The Kier molecular flexibility index (Phi) is 5.88. The molecule has 2 heterocycles. The van der Waals surface area contributed by atoms with E-state index in [2.05, 4.69) is 5.10 Å². The number of amides is 1. The number of hydrogen-bond acceptors (Lipinski definition) is 6. The van der Waals surface area contributed by atoms with Crippen LogP contribution in [0.5, 0.6) is 11.5 Å². The fraction of sp³-hybridized carbons (Fsp3) is 0.500. The van der Waals surface area contributed by atoms with E-state index in [1.54, 1.807) is 30.1 Å². The van der Waals surface area contributed by atoms with E-state index in [9.17, 15) is 13.2 Å². The maximum atomic E-state index is 13.0. The average molecular weight is 422 g/mol. The minimum absolute atomic E-state index is 0.118. The van der Waals surface area contributed by atoms with Gasteiger partial charge in [0.1, 0.15) is 11.5 Å². The van der Waals surface area contributed by atoms with Gasteiger partial charge < -0.3 is 14.4 Å². The molecule has 1 amide bonds. The van der Waals surface area contributed by atoms with Crippen molar-refractivity contribution in [2.75, 3.05) is 32.8 Å². The predicted molar refractivity (Wildman–Crippen MR) is 109 cm³/mol. The summed E-state index contributed by atoms with van der Waals surface area (Å²) in [6, 6.07) is 4.92. The molecular weight excluding hydrogens is 394 g/mol. The normalized spacial score (nSPS) is 17.9. The van der Waals surface area contributed by atoms with Crippen molar-refractivity contribution in [3.8, 4) is 11.5 Å². The Morgan fingerprint density at radius 3 is 2.34 bits per heavy atom. The third-order valence-corrected chi connectivity index (χ3v) is 7.12. The average Bonchev–Trinajstić information content (AvgIpc) is 3.19. The van der Waals surface area contributed by atoms with Gasteiger partial charge in [-0.2, -0.15) is 5.10 Å². The Morgan fingerprint density at radius 2 is 1.83 bits per heavy atom. The van der Waals surface area contributed by atoms with Crippen LogP contribution in [-0.4, -0.2) is 61.8 Å². The van der Waals surface area contributed by atoms with Gasteiger partial charge in [-0.25, -0.2) is 8.42 Å². The summed E-state index contributed by atoms with van der Waals surface area (Å²) in [5.41, 5.74) is 3.09. The smallest absolute Gasteiger partial charge is 0.254 e. The molecule has 158 valence electrons. The summed E-state index contributed by atoms with van der Waals surface area (Å²) >= 11 is 0. The first-order chi connectivity index (χ1) is 13.6. The van der Waals surface area contributed by atoms with Crippen LogP contribution in [0.3, 0.4) is 0 Å². The van der Waals surface area contributed by atoms with Crippen molar-refractivity contribution in [3.63, 3.8) is 0 Å². The number of nitrogens with zero attached hydrogens (tertiary/aromatic N) is 3. The van der Waals surface area contributed by atoms with Crippen LogP contribution in [-0.2, 0) is 16.4 Å². The van der Waals surface area contributed by atoms with Crippen LogP contribution in [0, 0.1) is 13.8 Å². The molecule has 0 bridgehead atoms. The summed E-state index contributed by atoms with van der Waals surface area (Å²) in [7, 11) is 1.81. The fourth-order valence-electron chi connectivity index (χ4n) is 3.71. The van der Waals surface area contributed by atoms with Gasteiger partial charge in [-0.3, -0.25) is 9.48 Å². The second kappa shape index (κ2) is 8.06. The lowest BCUT2D eigenvalue weighted by Gasteiger charge is -2.19. The molecule has 9 heteroatoms. The Morgan fingerprint density at radius 1 is 1.21 bits per heavy atom. The van der Waals surface area contributed by atoms with Crippen LogP contribution in [0.25, 0.3) is 0 Å². The number of carbonyl (C=O) groups is 1. The van der Waals surface area contributed by atoms with Crippen LogP contribution in [0.4, 0.5) is 0 Å². The number of methoxy groups -OCH3 is 2. The van der Waals surface area contributed by atoms with E-state index in [0.29, 0.717) is 30.0 Å². The lowest BCUT2D eigenvalue weighted by Crippen LogP contribution is -2.27.